The SMILES string of the molecule is CCC(=O)N1CCCC(C(=O)O)C1C(C1=COCO1)c1ccccc1Br. The van der Waals surface area contributed by atoms with Gasteiger partial charge >= 0.3 is 5.97 Å². The second kappa shape index (κ2) is 8.12. The summed E-state index contributed by atoms with van der Waals surface area (Å²) in [6.07, 6.45) is 3.08. The van der Waals surface area contributed by atoms with E-state index in [2.05, 4.69) is 15.9 Å². The molecule has 1 aromatic carbocycles. The number of halogens is 1. The number of likely N-dealkylation sites (tertiary alicyclic amines) is 1. The maximum absolute atomic E-state index is 12.6. The molecule has 3 atom stereocenters. The monoisotopic (exact) mass is 423 g/mol. The normalized spacial score (nSPS) is 23.6. The minimum absolute atomic E-state index is 0.0440. The van der Waals surface area contributed by atoms with E-state index in [1.54, 1.807) is 11.8 Å². The number of benzene rings is 1. The maximum Gasteiger partial charge on any atom is 0.308 e. The van der Waals surface area contributed by atoms with Crippen molar-refractivity contribution in [3.63, 3.8) is 0 Å². The Morgan fingerprint density at radius 2 is 2.15 bits per heavy atom. The van der Waals surface area contributed by atoms with E-state index >= 15 is 0 Å². The number of carbonyl (C=O) groups excluding carboxylic acids is 1. The van der Waals surface area contributed by atoms with Crippen molar-refractivity contribution in [3.8, 4) is 0 Å². The van der Waals surface area contributed by atoms with Crippen molar-refractivity contribution in [2.75, 3.05) is 13.3 Å². The van der Waals surface area contributed by atoms with Crippen molar-refractivity contribution in [2.45, 2.75) is 38.1 Å². The van der Waals surface area contributed by atoms with Crippen LogP contribution in [-0.4, -0.2) is 41.3 Å². The number of piperidine rings is 1. The van der Waals surface area contributed by atoms with Crippen LogP contribution in [0.25, 0.3) is 0 Å². The third-order valence-corrected chi connectivity index (χ3v) is 5.73. The molecular formula is C19H22BrNO5. The van der Waals surface area contributed by atoms with Crippen molar-refractivity contribution in [2.24, 2.45) is 5.92 Å². The van der Waals surface area contributed by atoms with Gasteiger partial charge in [0.2, 0.25) is 12.7 Å². The van der Waals surface area contributed by atoms with E-state index in [9.17, 15) is 14.7 Å². The Kier molecular flexibility index (Phi) is 5.86. The summed E-state index contributed by atoms with van der Waals surface area (Å²) in [5.74, 6) is -1.45. The first kappa shape index (κ1) is 18.8. The highest BCUT2D eigenvalue weighted by atomic mass is 79.9. The van der Waals surface area contributed by atoms with Gasteiger partial charge in [0.15, 0.2) is 0 Å². The van der Waals surface area contributed by atoms with Crippen LogP contribution >= 0.6 is 15.9 Å². The number of amides is 1. The van der Waals surface area contributed by atoms with Crippen LogP contribution in [0.2, 0.25) is 0 Å². The standard InChI is InChI=1S/C19H22BrNO5/c1-2-16(22)21-9-5-7-13(19(23)24)18(21)17(15-10-25-11-26-15)12-6-3-4-8-14(12)20/h3-4,6,8,10,13,17-18H,2,5,7,9,11H2,1H3,(H,23,24). The molecule has 0 bridgehead atoms. The number of carboxylic acid groups (broad SMARTS) is 1. The minimum Gasteiger partial charge on any atom is -0.481 e. The lowest BCUT2D eigenvalue weighted by Crippen LogP contribution is -2.53. The van der Waals surface area contributed by atoms with Crippen LogP contribution in [-0.2, 0) is 19.1 Å². The molecule has 3 rings (SSSR count). The summed E-state index contributed by atoms with van der Waals surface area (Å²) >= 11 is 3.57. The molecule has 140 valence electrons. The van der Waals surface area contributed by atoms with Crippen molar-refractivity contribution < 1.29 is 24.2 Å². The predicted molar refractivity (Wildman–Crippen MR) is 98.2 cm³/mol. The molecule has 0 aromatic heterocycles. The summed E-state index contributed by atoms with van der Waals surface area (Å²) in [6, 6.07) is 7.10. The lowest BCUT2D eigenvalue weighted by atomic mass is 9.77. The Hall–Kier alpha value is -2.02. The van der Waals surface area contributed by atoms with Gasteiger partial charge in [0, 0.05) is 17.4 Å². The highest BCUT2D eigenvalue weighted by molar-refractivity contribution is 9.10. The summed E-state index contributed by atoms with van der Waals surface area (Å²) in [4.78, 5) is 26.3. The van der Waals surface area contributed by atoms with Gasteiger partial charge in [-0.15, -0.1) is 0 Å². The number of carboxylic acids is 1. The zero-order valence-corrected chi connectivity index (χ0v) is 16.1. The fraction of sp³-hybridized carbons (Fsp3) is 0.474. The number of aliphatic carboxylic acids is 1. The van der Waals surface area contributed by atoms with E-state index < -0.39 is 23.8 Å². The summed E-state index contributed by atoms with van der Waals surface area (Å²) < 4.78 is 11.8. The van der Waals surface area contributed by atoms with E-state index in [0.29, 0.717) is 31.6 Å². The number of hydrogen-bond acceptors (Lipinski definition) is 4. The van der Waals surface area contributed by atoms with Crippen LogP contribution in [0.4, 0.5) is 0 Å². The maximum atomic E-state index is 12.6. The number of hydrogen-bond donors (Lipinski definition) is 1. The first-order chi connectivity index (χ1) is 12.5. The molecule has 1 fully saturated rings. The molecule has 2 aliphatic rings. The Balaban J connectivity index is 2.12. The quantitative estimate of drug-likeness (QED) is 0.784. The highest BCUT2D eigenvalue weighted by Crippen LogP contribution is 2.43. The van der Waals surface area contributed by atoms with Crippen LogP contribution in [0.15, 0.2) is 40.8 Å². The van der Waals surface area contributed by atoms with Gasteiger partial charge in [-0.25, -0.2) is 0 Å². The van der Waals surface area contributed by atoms with Crippen molar-refractivity contribution in [3.05, 3.63) is 46.3 Å². The van der Waals surface area contributed by atoms with Gasteiger partial charge in [-0.1, -0.05) is 41.1 Å². The summed E-state index contributed by atoms with van der Waals surface area (Å²) in [6.45, 7) is 2.45. The average Bonchev–Trinajstić information content (AvgIpc) is 3.17. The Bertz CT molecular complexity index is 720. The molecule has 0 saturated carbocycles. The molecule has 1 aromatic rings. The van der Waals surface area contributed by atoms with Crippen LogP contribution in [0, 0.1) is 5.92 Å². The molecule has 7 heteroatoms. The number of carbonyl (C=O) groups is 2. The Morgan fingerprint density at radius 1 is 1.38 bits per heavy atom. The molecule has 3 unspecified atom stereocenters. The third kappa shape index (κ3) is 3.58. The molecule has 6 nitrogen and oxygen atoms in total. The third-order valence-electron chi connectivity index (χ3n) is 5.01. The number of rotatable bonds is 5. The average molecular weight is 424 g/mol. The molecule has 2 aliphatic heterocycles. The molecular weight excluding hydrogens is 402 g/mol. The fourth-order valence-electron chi connectivity index (χ4n) is 3.84. The Labute approximate surface area is 160 Å². The molecule has 26 heavy (non-hydrogen) atoms. The number of ether oxygens (including phenoxy) is 2. The van der Waals surface area contributed by atoms with Crippen LogP contribution in [0.5, 0.6) is 0 Å². The second-order valence-corrected chi connectivity index (χ2v) is 7.32. The Morgan fingerprint density at radius 3 is 2.77 bits per heavy atom. The number of nitrogens with zero attached hydrogens (tertiary/aromatic N) is 1. The van der Waals surface area contributed by atoms with Crippen molar-refractivity contribution in [1.82, 2.24) is 4.90 Å². The molecule has 2 heterocycles. The lowest BCUT2D eigenvalue weighted by molar-refractivity contribution is -0.150. The first-order valence-electron chi connectivity index (χ1n) is 8.75. The minimum atomic E-state index is -0.889. The molecule has 0 radical (unpaired) electrons. The summed E-state index contributed by atoms with van der Waals surface area (Å²) in [5.41, 5.74) is 0.885. The van der Waals surface area contributed by atoms with Gasteiger partial charge < -0.3 is 19.5 Å². The van der Waals surface area contributed by atoms with Crippen molar-refractivity contribution in [1.29, 1.82) is 0 Å². The fourth-order valence-corrected chi connectivity index (χ4v) is 4.37. The van der Waals surface area contributed by atoms with E-state index in [0.717, 1.165) is 10.0 Å². The highest BCUT2D eigenvalue weighted by Gasteiger charge is 2.46. The van der Waals surface area contributed by atoms with Crippen LogP contribution in [0.1, 0.15) is 37.7 Å². The first-order valence-corrected chi connectivity index (χ1v) is 9.55. The van der Waals surface area contributed by atoms with Crippen LogP contribution in [0.3, 0.4) is 0 Å². The molecule has 1 N–H and O–H groups in total. The van der Waals surface area contributed by atoms with E-state index in [-0.39, 0.29) is 12.7 Å². The predicted octanol–water partition coefficient (Wildman–Crippen LogP) is 3.48. The smallest absolute Gasteiger partial charge is 0.308 e. The summed E-state index contributed by atoms with van der Waals surface area (Å²) in [5, 5.41) is 9.85. The second-order valence-electron chi connectivity index (χ2n) is 6.47. The zero-order valence-electron chi connectivity index (χ0n) is 14.6. The van der Waals surface area contributed by atoms with Gasteiger partial charge in [0.1, 0.15) is 12.0 Å². The van der Waals surface area contributed by atoms with Gasteiger partial charge in [0.05, 0.1) is 17.9 Å². The van der Waals surface area contributed by atoms with E-state index in [1.807, 2.05) is 24.3 Å². The van der Waals surface area contributed by atoms with Crippen molar-refractivity contribution >= 4 is 27.8 Å². The molecule has 1 amide bonds. The van der Waals surface area contributed by atoms with E-state index in [1.165, 1.54) is 6.26 Å². The zero-order chi connectivity index (χ0) is 18.7. The molecule has 0 spiro atoms. The molecule has 1 saturated heterocycles. The topological polar surface area (TPSA) is 76.1 Å². The van der Waals surface area contributed by atoms with Gasteiger partial charge in [-0.3, -0.25) is 9.59 Å². The van der Waals surface area contributed by atoms with E-state index in [4.69, 9.17) is 9.47 Å². The molecule has 0 aliphatic carbocycles. The van der Waals surface area contributed by atoms with Gasteiger partial charge in [0.25, 0.3) is 0 Å². The largest absolute Gasteiger partial charge is 0.481 e. The van der Waals surface area contributed by atoms with Gasteiger partial charge in [-0.2, -0.15) is 0 Å². The summed E-state index contributed by atoms with van der Waals surface area (Å²) in [7, 11) is 0. The van der Waals surface area contributed by atoms with Crippen LogP contribution < -0.4 is 0 Å². The lowest BCUT2D eigenvalue weighted by Gasteiger charge is -2.44. The van der Waals surface area contributed by atoms with Gasteiger partial charge in [-0.05, 0) is 24.5 Å².